The number of para-hydroxylation sites is 1. The molecule has 0 unspecified atom stereocenters. The lowest BCUT2D eigenvalue weighted by Gasteiger charge is -2.11. The van der Waals surface area contributed by atoms with E-state index in [1.807, 2.05) is 59.2 Å². The number of rotatable bonds is 7. The molecule has 3 aromatic rings. The molecule has 1 aromatic heterocycles. The van der Waals surface area contributed by atoms with Crippen LogP contribution in [-0.2, 0) is 16.1 Å². The standard InChI is InChI=1S/C20H20N2O3/c23-19(21-12-6-11-20(24)25)14-22-17-10-5-4-9-16(17)13-18(22)15-7-2-1-3-8-15/h1-5,7-10,13H,6,11-12,14H2,(H,21,23)(H,24,25). The van der Waals surface area contributed by atoms with E-state index in [4.69, 9.17) is 5.11 Å². The fraction of sp³-hybridized carbons (Fsp3) is 0.200. The van der Waals surface area contributed by atoms with E-state index >= 15 is 0 Å². The Labute approximate surface area is 145 Å². The fourth-order valence-electron chi connectivity index (χ4n) is 2.90. The van der Waals surface area contributed by atoms with Crippen molar-refractivity contribution in [1.29, 1.82) is 0 Å². The molecule has 3 rings (SSSR count). The Kier molecular flexibility index (Phi) is 5.14. The molecule has 0 fully saturated rings. The molecule has 0 aliphatic carbocycles. The number of carboxylic acids is 1. The molecular weight excluding hydrogens is 316 g/mol. The van der Waals surface area contributed by atoms with E-state index in [-0.39, 0.29) is 18.9 Å². The monoisotopic (exact) mass is 336 g/mol. The normalized spacial score (nSPS) is 10.7. The van der Waals surface area contributed by atoms with Crippen molar-refractivity contribution in [2.75, 3.05) is 6.54 Å². The Morgan fingerprint density at radius 1 is 1.00 bits per heavy atom. The summed E-state index contributed by atoms with van der Waals surface area (Å²) in [6, 6.07) is 20.0. The molecule has 0 bridgehead atoms. The molecule has 0 radical (unpaired) electrons. The van der Waals surface area contributed by atoms with Crippen LogP contribution in [-0.4, -0.2) is 28.1 Å². The number of fused-ring (bicyclic) bond motifs is 1. The first-order chi connectivity index (χ1) is 12.1. The summed E-state index contributed by atoms with van der Waals surface area (Å²) >= 11 is 0. The first-order valence-electron chi connectivity index (χ1n) is 8.27. The number of hydrogen-bond acceptors (Lipinski definition) is 2. The molecule has 25 heavy (non-hydrogen) atoms. The molecule has 0 spiro atoms. The Hall–Kier alpha value is -3.08. The number of aliphatic carboxylic acids is 1. The third kappa shape index (κ3) is 4.07. The SMILES string of the molecule is O=C(O)CCCNC(=O)Cn1c(-c2ccccc2)cc2ccccc21. The molecule has 0 saturated heterocycles. The quantitative estimate of drug-likeness (QED) is 0.650. The molecular formula is C20H20N2O3. The highest BCUT2D eigenvalue weighted by Crippen LogP contribution is 2.28. The predicted molar refractivity (Wildman–Crippen MR) is 97.3 cm³/mol. The highest BCUT2D eigenvalue weighted by molar-refractivity contribution is 5.89. The van der Waals surface area contributed by atoms with Crippen molar-refractivity contribution in [3.8, 4) is 11.3 Å². The van der Waals surface area contributed by atoms with Crippen LogP contribution in [0.4, 0.5) is 0 Å². The van der Waals surface area contributed by atoms with Crippen LogP contribution in [0.5, 0.6) is 0 Å². The van der Waals surface area contributed by atoms with Crippen molar-refractivity contribution >= 4 is 22.8 Å². The van der Waals surface area contributed by atoms with Gasteiger partial charge in [0, 0.05) is 29.6 Å². The zero-order valence-electron chi connectivity index (χ0n) is 13.8. The number of amides is 1. The molecule has 2 N–H and O–H groups in total. The van der Waals surface area contributed by atoms with Gasteiger partial charge >= 0.3 is 5.97 Å². The number of aromatic nitrogens is 1. The maximum atomic E-state index is 12.3. The van der Waals surface area contributed by atoms with Crippen molar-refractivity contribution in [3.63, 3.8) is 0 Å². The van der Waals surface area contributed by atoms with E-state index in [1.165, 1.54) is 0 Å². The summed E-state index contributed by atoms with van der Waals surface area (Å²) in [5.74, 6) is -0.971. The van der Waals surface area contributed by atoms with Gasteiger partial charge in [0.05, 0.1) is 0 Å². The van der Waals surface area contributed by atoms with Gasteiger partial charge in [-0.05, 0) is 24.1 Å². The van der Waals surface area contributed by atoms with Gasteiger partial charge in [-0.1, -0.05) is 48.5 Å². The van der Waals surface area contributed by atoms with Gasteiger partial charge in [-0.15, -0.1) is 0 Å². The van der Waals surface area contributed by atoms with Crippen LogP contribution in [0.2, 0.25) is 0 Å². The molecule has 0 atom stereocenters. The van der Waals surface area contributed by atoms with Gasteiger partial charge in [0.2, 0.25) is 5.91 Å². The zero-order chi connectivity index (χ0) is 17.6. The number of carbonyl (C=O) groups excluding carboxylic acids is 1. The highest BCUT2D eigenvalue weighted by atomic mass is 16.4. The average molecular weight is 336 g/mol. The van der Waals surface area contributed by atoms with Crippen LogP contribution in [0.1, 0.15) is 12.8 Å². The number of hydrogen-bond donors (Lipinski definition) is 2. The van der Waals surface area contributed by atoms with Gasteiger partial charge in [0.25, 0.3) is 0 Å². The molecule has 0 saturated carbocycles. The summed E-state index contributed by atoms with van der Waals surface area (Å²) in [5, 5.41) is 12.5. The van der Waals surface area contributed by atoms with Crippen LogP contribution >= 0.6 is 0 Å². The van der Waals surface area contributed by atoms with Crippen LogP contribution in [0.3, 0.4) is 0 Å². The third-order valence-corrected chi connectivity index (χ3v) is 4.07. The first-order valence-corrected chi connectivity index (χ1v) is 8.27. The minimum atomic E-state index is -0.850. The van der Waals surface area contributed by atoms with Crippen molar-refractivity contribution in [2.24, 2.45) is 0 Å². The minimum Gasteiger partial charge on any atom is -0.481 e. The van der Waals surface area contributed by atoms with E-state index in [9.17, 15) is 9.59 Å². The van der Waals surface area contributed by atoms with E-state index in [0.717, 1.165) is 22.2 Å². The van der Waals surface area contributed by atoms with Gasteiger partial charge in [-0.3, -0.25) is 9.59 Å². The largest absolute Gasteiger partial charge is 0.481 e. The lowest BCUT2D eigenvalue weighted by molar-refractivity contribution is -0.137. The van der Waals surface area contributed by atoms with Gasteiger partial charge in [0.1, 0.15) is 6.54 Å². The van der Waals surface area contributed by atoms with Crippen LogP contribution in [0.15, 0.2) is 60.7 Å². The van der Waals surface area contributed by atoms with E-state index in [0.29, 0.717) is 13.0 Å². The van der Waals surface area contributed by atoms with Gasteiger partial charge in [-0.2, -0.15) is 0 Å². The third-order valence-electron chi connectivity index (χ3n) is 4.07. The van der Waals surface area contributed by atoms with Crippen molar-refractivity contribution in [2.45, 2.75) is 19.4 Å². The van der Waals surface area contributed by atoms with Crippen molar-refractivity contribution in [1.82, 2.24) is 9.88 Å². The summed E-state index contributed by atoms with van der Waals surface area (Å²) in [6.45, 7) is 0.565. The smallest absolute Gasteiger partial charge is 0.303 e. The number of carbonyl (C=O) groups is 2. The molecule has 0 aliphatic heterocycles. The first kappa shape index (κ1) is 16.8. The number of benzene rings is 2. The molecule has 128 valence electrons. The molecule has 5 nitrogen and oxygen atoms in total. The summed E-state index contributed by atoms with van der Waals surface area (Å²) in [6.07, 6.45) is 0.487. The lowest BCUT2D eigenvalue weighted by Crippen LogP contribution is -2.28. The van der Waals surface area contributed by atoms with Crippen molar-refractivity contribution < 1.29 is 14.7 Å². The van der Waals surface area contributed by atoms with Crippen LogP contribution in [0, 0.1) is 0 Å². The van der Waals surface area contributed by atoms with Crippen LogP contribution < -0.4 is 5.32 Å². The average Bonchev–Trinajstić information content (AvgIpc) is 2.98. The summed E-state index contributed by atoms with van der Waals surface area (Å²) < 4.78 is 2.00. The number of carboxylic acid groups (broad SMARTS) is 1. The number of nitrogens with zero attached hydrogens (tertiary/aromatic N) is 1. The second kappa shape index (κ2) is 7.66. The molecule has 1 heterocycles. The second-order valence-corrected chi connectivity index (χ2v) is 5.89. The second-order valence-electron chi connectivity index (χ2n) is 5.89. The van der Waals surface area contributed by atoms with E-state index in [1.54, 1.807) is 0 Å². The Morgan fingerprint density at radius 3 is 2.48 bits per heavy atom. The molecule has 0 aliphatic rings. The van der Waals surface area contributed by atoms with E-state index < -0.39 is 5.97 Å². The van der Waals surface area contributed by atoms with Crippen molar-refractivity contribution in [3.05, 3.63) is 60.7 Å². The van der Waals surface area contributed by atoms with Crippen LogP contribution in [0.25, 0.3) is 22.2 Å². The fourth-order valence-corrected chi connectivity index (χ4v) is 2.90. The Bertz CT molecular complexity index is 884. The maximum Gasteiger partial charge on any atom is 0.303 e. The zero-order valence-corrected chi connectivity index (χ0v) is 13.8. The number of nitrogens with one attached hydrogen (secondary N) is 1. The highest BCUT2D eigenvalue weighted by Gasteiger charge is 2.13. The van der Waals surface area contributed by atoms with Gasteiger partial charge in [-0.25, -0.2) is 0 Å². The van der Waals surface area contributed by atoms with E-state index in [2.05, 4.69) is 11.4 Å². The molecule has 2 aromatic carbocycles. The Balaban J connectivity index is 1.82. The topological polar surface area (TPSA) is 71.3 Å². The molecule has 5 heteroatoms. The summed E-state index contributed by atoms with van der Waals surface area (Å²) in [4.78, 5) is 22.8. The Morgan fingerprint density at radius 2 is 1.72 bits per heavy atom. The molecule has 1 amide bonds. The van der Waals surface area contributed by atoms with Gasteiger partial charge < -0.3 is 15.0 Å². The predicted octanol–water partition coefficient (Wildman–Crippen LogP) is 3.29. The summed E-state index contributed by atoms with van der Waals surface area (Å²) in [7, 11) is 0. The van der Waals surface area contributed by atoms with Gasteiger partial charge in [0.15, 0.2) is 0 Å². The summed E-state index contributed by atoms with van der Waals surface area (Å²) in [5.41, 5.74) is 3.04. The lowest BCUT2D eigenvalue weighted by atomic mass is 10.1. The minimum absolute atomic E-state index is 0.0575. The maximum absolute atomic E-state index is 12.3.